The third kappa shape index (κ3) is 3.65. The summed E-state index contributed by atoms with van der Waals surface area (Å²) >= 11 is 0. The minimum absolute atomic E-state index is 0.0586. The van der Waals surface area contributed by atoms with E-state index in [0.717, 1.165) is 6.42 Å². The second kappa shape index (κ2) is 7.19. The molecule has 0 unspecified atom stereocenters. The highest BCUT2D eigenvalue weighted by atomic mass is 16.5. The number of fused-ring (bicyclic) bond motifs is 1. The van der Waals surface area contributed by atoms with Crippen molar-refractivity contribution in [2.24, 2.45) is 0 Å². The molecule has 1 aliphatic heterocycles. The van der Waals surface area contributed by atoms with Gasteiger partial charge in [0.2, 0.25) is 0 Å². The number of anilines is 1. The summed E-state index contributed by atoms with van der Waals surface area (Å²) in [5.41, 5.74) is 2.94. The molecule has 0 spiro atoms. The van der Waals surface area contributed by atoms with Gasteiger partial charge in [0.25, 0.3) is 5.91 Å². The Labute approximate surface area is 135 Å². The Bertz CT molecular complexity index is 690. The summed E-state index contributed by atoms with van der Waals surface area (Å²) in [5.74, 6) is 0.578. The lowest BCUT2D eigenvalue weighted by molar-refractivity contribution is 0.0728. The maximum atomic E-state index is 12.7. The summed E-state index contributed by atoms with van der Waals surface area (Å²) in [6.07, 6.45) is 2.30. The monoisotopic (exact) mass is 312 g/mol. The van der Waals surface area contributed by atoms with Crippen molar-refractivity contribution in [3.05, 3.63) is 53.5 Å². The summed E-state index contributed by atoms with van der Waals surface area (Å²) in [5, 5.41) is 3.11. The molecule has 0 saturated carbocycles. The first-order chi connectivity index (χ1) is 11.3. The maximum Gasteiger partial charge on any atom is 0.272 e. The Balaban J connectivity index is 1.70. The highest BCUT2D eigenvalue weighted by Crippen LogP contribution is 2.20. The molecular formula is C17H20N4O2. The van der Waals surface area contributed by atoms with Gasteiger partial charge in [-0.05, 0) is 17.5 Å². The third-order valence-electron chi connectivity index (χ3n) is 3.92. The van der Waals surface area contributed by atoms with Gasteiger partial charge in [0.1, 0.15) is 17.8 Å². The van der Waals surface area contributed by atoms with E-state index in [1.54, 1.807) is 13.2 Å². The Morgan fingerprint density at radius 2 is 2.13 bits per heavy atom. The molecule has 120 valence electrons. The van der Waals surface area contributed by atoms with Crippen LogP contribution in [0.1, 0.15) is 21.6 Å². The Hall–Kier alpha value is -2.47. The fourth-order valence-electron chi connectivity index (χ4n) is 2.68. The van der Waals surface area contributed by atoms with Crippen molar-refractivity contribution in [2.45, 2.75) is 13.0 Å². The van der Waals surface area contributed by atoms with Gasteiger partial charge in [-0.2, -0.15) is 0 Å². The smallest absolute Gasteiger partial charge is 0.272 e. The predicted molar refractivity (Wildman–Crippen MR) is 87.3 cm³/mol. The molecule has 2 aromatic rings. The molecule has 1 aliphatic rings. The van der Waals surface area contributed by atoms with Crippen LogP contribution in [0.3, 0.4) is 0 Å². The largest absolute Gasteiger partial charge is 0.383 e. The summed E-state index contributed by atoms with van der Waals surface area (Å²) < 4.78 is 4.99. The minimum atomic E-state index is -0.0586. The molecule has 23 heavy (non-hydrogen) atoms. The SMILES string of the molecule is COCCNc1cc(C(=O)N2CCc3ccccc3C2)ncn1. The maximum absolute atomic E-state index is 12.7. The number of nitrogens with one attached hydrogen (secondary N) is 1. The van der Waals surface area contributed by atoms with Crippen LogP contribution in [0.2, 0.25) is 0 Å². The predicted octanol–water partition coefficient (Wildman–Crippen LogP) is 1.73. The van der Waals surface area contributed by atoms with E-state index in [4.69, 9.17) is 4.74 Å². The van der Waals surface area contributed by atoms with Crippen molar-refractivity contribution in [1.29, 1.82) is 0 Å². The van der Waals surface area contributed by atoms with Crippen molar-refractivity contribution < 1.29 is 9.53 Å². The van der Waals surface area contributed by atoms with Gasteiger partial charge in [-0.3, -0.25) is 4.79 Å². The van der Waals surface area contributed by atoms with Crippen LogP contribution in [0.4, 0.5) is 5.82 Å². The first-order valence-electron chi connectivity index (χ1n) is 7.69. The highest BCUT2D eigenvalue weighted by molar-refractivity contribution is 5.93. The van der Waals surface area contributed by atoms with Crippen LogP contribution in [0.25, 0.3) is 0 Å². The van der Waals surface area contributed by atoms with Gasteiger partial charge < -0.3 is 15.0 Å². The fraction of sp³-hybridized carbons (Fsp3) is 0.353. The number of amides is 1. The molecule has 1 N–H and O–H groups in total. The Morgan fingerprint density at radius 3 is 2.96 bits per heavy atom. The normalized spacial score (nSPS) is 13.5. The molecule has 0 fully saturated rings. The molecule has 2 heterocycles. The van der Waals surface area contributed by atoms with E-state index in [2.05, 4.69) is 27.4 Å². The number of carbonyl (C=O) groups is 1. The first kappa shape index (κ1) is 15.4. The van der Waals surface area contributed by atoms with Crippen molar-refractivity contribution in [2.75, 3.05) is 32.1 Å². The molecule has 3 rings (SSSR count). The zero-order chi connectivity index (χ0) is 16.1. The van der Waals surface area contributed by atoms with Crippen LogP contribution in [0, 0.1) is 0 Å². The molecule has 0 saturated heterocycles. The summed E-state index contributed by atoms with van der Waals surface area (Å²) in [7, 11) is 1.64. The van der Waals surface area contributed by atoms with Gasteiger partial charge in [0.15, 0.2) is 0 Å². The van der Waals surface area contributed by atoms with Gasteiger partial charge >= 0.3 is 0 Å². The van der Waals surface area contributed by atoms with Crippen molar-refractivity contribution in [3.8, 4) is 0 Å². The lowest BCUT2D eigenvalue weighted by Gasteiger charge is -2.28. The average molecular weight is 312 g/mol. The van der Waals surface area contributed by atoms with Gasteiger partial charge in [-0.1, -0.05) is 24.3 Å². The summed E-state index contributed by atoms with van der Waals surface area (Å²) in [4.78, 5) is 22.8. The molecule has 1 aromatic heterocycles. The second-order valence-corrected chi connectivity index (χ2v) is 5.45. The third-order valence-corrected chi connectivity index (χ3v) is 3.92. The van der Waals surface area contributed by atoms with E-state index in [-0.39, 0.29) is 5.91 Å². The highest BCUT2D eigenvalue weighted by Gasteiger charge is 2.22. The van der Waals surface area contributed by atoms with Crippen LogP contribution >= 0.6 is 0 Å². The molecule has 1 aromatic carbocycles. The summed E-state index contributed by atoms with van der Waals surface area (Å²) in [6, 6.07) is 9.94. The quantitative estimate of drug-likeness (QED) is 0.852. The molecular weight excluding hydrogens is 292 g/mol. The fourth-order valence-corrected chi connectivity index (χ4v) is 2.68. The van der Waals surface area contributed by atoms with Crippen molar-refractivity contribution in [3.63, 3.8) is 0 Å². The van der Waals surface area contributed by atoms with Crippen LogP contribution in [0.15, 0.2) is 36.7 Å². The zero-order valence-corrected chi connectivity index (χ0v) is 13.2. The van der Waals surface area contributed by atoms with Gasteiger partial charge in [-0.25, -0.2) is 9.97 Å². The molecule has 6 heteroatoms. The van der Waals surface area contributed by atoms with Crippen molar-refractivity contribution in [1.82, 2.24) is 14.9 Å². The minimum Gasteiger partial charge on any atom is -0.383 e. The number of hydrogen-bond acceptors (Lipinski definition) is 5. The van der Waals surface area contributed by atoms with E-state index in [9.17, 15) is 4.79 Å². The molecule has 6 nitrogen and oxygen atoms in total. The molecule has 0 radical (unpaired) electrons. The van der Waals surface area contributed by atoms with Crippen LogP contribution in [-0.4, -0.2) is 47.6 Å². The first-order valence-corrected chi connectivity index (χ1v) is 7.69. The topological polar surface area (TPSA) is 67.3 Å². The number of ether oxygens (including phenoxy) is 1. The van der Waals surface area contributed by atoms with E-state index >= 15 is 0 Å². The lowest BCUT2D eigenvalue weighted by Crippen LogP contribution is -2.36. The van der Waals surface area contributed by atoms with Gasteiger partial charge in [-0.15, -0.1) is 0 Å². The van der Waals surface area contributed by atoms with Crippen molar-refractivity contribution >= 4 is 11.7 Å². The van der Waals surface area contributed by atoms with Crippen LogP contribution < -0.4 is 5.32 Å². The van der Waals surface area contributed by atoms with Gasteiger partial charge in [0, 0.05) is 32.8 Å². The van der Waals surface area contributed by atoms with Crippen LogP contribution in [0.5, 0.6) is 0 Å². The number of rotatable bonds is 5. The zero-order valence-electron chi connectivity index (χ0n) is 13.2. The number of benzene rings is 1. The van der Waals surface area contributed by atoms with E-state index < -0.39 is 0 Å². The van der Waals surface area contributed by atoms with Gasteiger partial charge in [0.05, 0.1) is 6.61 Å². The van der Waals surface area contributed by atoms with Crippen LogP contribution in [-0.2, 0) is 17.7 Å². The second-order valence-electron chi connectivity index (χ2n) is 5.45. The number of aromatic nitrogens is 2. The number of carbonyl (C=O) groups excluding carboxylic acids is 1. The average Bonchev–Trinajstić information content (AvgIpc) is 2.61. The Morgan fingerprint density at radius 1 is 1.30 bits per heavy atom. The molecule has 0 bridgehead atoms. The number of nitrogens with zero attached hydrogens (tertiary/aromatic N) is 3. The Kier molecular flexibility index (Phi) is 4.83. The molecule has 0 aliphatic carbocycles. The molecule has 0 atom stereocenters. The number of methoxy groups -OCH3 is 1. The lowest BCUT2D eigenvalue weighted by atomic mass is 10.00. The number of hydrogen-bond donors (Lipinski definition) is 1. The molecule has 1 amide bonds. The standard InChI is InChI=1S/C17H20N4O2/c1-23-9-7-18-16-10-15(19-12-20-16)17(22)21-8-6-13-4-2-3-5-14(13)11-21/h2-5,10,12H,6-9,11H2,1H3,(H,18,19,20). The van der Waals surface area contributed by atoms with E-state index in [1.165, 1.54) is 17.5 Å². The van der Waals surface area contributed by atoms with E-state index in [0.29, 0.717) is 37.8 Å². The summed E-state index contributed by atoms with van der Waals surface area (Å²) in [6.45, 7) is 2.56. The van der Waals surface area contributed by atoms with E-state index in [1.807, 2.05) is 17.0 Å².